The SMILES string of the molecule is CCOc1cc(OC)ccc1CNC(=O)c1ccc(CCl)o1. The van der Waals surface area contributed by atoms with Crippen molar-refractivity contribution < 1.29 is 18.7 Å². The summed E-state index contributed by atoms with van der Waals surface area (Å²) in [4.78, 5) is 12.0. The lowest BCUT2D eigenvalue weighted by molar-refractivity contribution is 0.0921. The maximum Gasteiger partial charge on any atom is 0.287 e. The van der Waals surface area contributed by atoms with Gasteiger partial charge < -0.3 is 19.2 Å². The number of halogens is 1. The molecule has 118 valence electrons. The Balaban J connectivity index is 2.05. The van der Waals surface area contributed by atoms with Gasteiger partial charge in [0.25, 0.3) is 5.91 Å². The highest BCUT2D eigenvalue weighted by Crippen LogP contribution is 2.25. The van der Waals surface area contributed by atoms with Gasteiger partial charge in [0.05, 0.1) is 19.6 Å². The summed E-state index contributed by atoms with van der Waals surface area (Å²) in [6.07, 6.45) is 0. The van der Waals surface area contributed by atoms with E-state index in [0.29, 0.717) is 30.4 Å². The first-order valence-electron chi connectivity index (χ1n) is 6.90. The smallest absolute Gasteiger partial charge is 0.287 e. The van der Waals surface area contributed by atoms with Gasteiger partial charge in [-0.25, -0.2) is 0 Å². The second-order valence-electron chi connectivity index (χ2n) is 4.49. The monoisotopic (exact) mass is 323 g/mol. The van der Waals surface area contributed by atoms with Crippen molar-refractivity contribution in [1.29, 1.82) is 0 Å². The van der Waals surface area contributed by atoms with Crippen molar-refractivity contribution in [2.24, 2.45) is 0 Å². The van der Waals surface area contributed by atoms with E-state index in [1.54, 1.807) is 25.3 Å². The van der Waals surface area contributed by atoms with Crippen molar-refractivity contribution in [3.8, 4) is 11.5 Å². The van der Waals surface area contributed by atoms with Crippen molar-refractivity contribution in [2.45, 2.75) is 19.3 Å². The molecule has 1 heterocycles. The molecule has 0 aliphatic rings. The van der Waals surface area contributed by atoms with Gasteiger partial charge in [0.2, 0.25) is 0 Å². The van der Waals surface area contributed by atoms with Gasteiger partial charge >= 0.3 is 0 Å². The van der Waals surface area contributed by atoms with Crippen molar-refractivity contribution in [3.05, 3.63) is 47.4 Å². The number of nitrogens with one attached hydrogen (secondary N) is 1. The molecule has 0 aliphatic carbocycles. The fourth-order valence-corrected chi connectivity index (χ4v) is 2.08. The van der Waals surface area contributed by atoms with Crippen LogP contribution in [0.25, 0.3) is 0 Å². The van der Waals surface area contributed by atoms with E-state index in [1.807, 2.05) is 19.1 Å². The van der Waals surface area contributed by atoms with Gasteiger partial charge in [-0.05, 0) is 31.2 Å². The first-order valence-corrected chi connectivity index (χ1v) is 7.44. The zero-order chi connectivity index (χ0) is 15.9. The van der Waals surface area contributed by atoms with Crippen LogP contribution in [0.3, 0.4) is 0 Å². The summed E-state index contributed by atoms with van der Waals surface area (Å²) in [5.74, 6) is 2.13. The number of carbonyl (C=O) groups is 1. The number of hydrogen-bond donors (Lipinski definition) is 1. The number of ether oxygens (including phenoxy) is 2. The summed E-state index contributed by atoms with van der Waals surface area (Å²) in [5, 5.41) is 2.79. The van der Waals surface area contributed by atoms with E-state index in [9.17, 15) is 4.79 Å². The Morgan fingerprint density at radius 1 is 1.32 bits per heavy atom. The first kappa shape index (κ1) is 16.2. The second-order valence-corrected chi connectivity index (χ2v) is 4.76. The van der Waals surface area contributed by atoms with Crippen LogP contribution in [-0.2, 0) is 12.4 Å². The predicted octanol–water partition coefficient (Wildman–Crippen LogP) is 3.36. The molecule has 0 atom stereocenters. The average molecular weight is 324 g/mol. The Labute approximate surface area is 134 Å². The molecule has 22 heavy (non-hydrogen) atoms. The number of methoxy groups -OCH3 is 1. The molecule has 0 saturated heterocycles. The zero-order valence-corrected chi connectivity index (χ0v) is 13.3. The molecule has 0 fully saturated rings. The number of alkyl halides is 1. The number of benzene rings is 1. The normalized spacial score (nSPS) is 10.3. The van der Waals surface area contributed by atoms with Crippen molar-refractivity contribution in [3.63, 3.8) is 0 Å². The van der Waals surface area contributed by atoms with E-state index >= 15 is 0 Å². The van der Waals surface area contributed by atoms with Crippen LogP contribution in [-0.4, -0.2) is 19.6 Å². The van der Waals surface area contributed by atoms with Crippen molar-refractivity contribution in [2.75, 3.05) is 13.7 Å². The molecule has 6 heteroatoms. The van der Waals surface area contributed by atoms with Gasteiger partial charge in [-0.15, -0.1) is 11.6 Å². The van der Waals surface area contributed by atoms with Crippen LogP contribution in [0.4, 0.5) is 0 Å². The molecule has 0 spiro atoms. The molecule has 2 aromatic rings. The highest BCUT2D eigenvalue weighted by Gasteiger charge is 2.12. The molecule has 1 N–H and O–H groups in total. The van der Waals surface area contributed by atoms with E-state index in [2.05, 4.69) is 5.32 Å². The average Bonchev–Trinajstić information content (AvgIpc) is 3.02. The van der Waals surface area contributed by atoms with Gasteiger partial charge in [0.1, 0.15) is 17.3 Å². The lowest BCUT2D eigenvalue weighted by atomic mass is 10.2. The van der Waals surface area contributed by atoms with Gasteiger partial charge in [0.15, 0.2) is 5.76 Å². The summed E-state index contributed by atoms with van der Waals surface area (Å²) in [5.41, 5.74) is 0.861. The molecule has 0 aliphatic heterocycles. The van der Waals surface area contributed by atoms with E-state index in [0.717, 1.165) is 5.56 Å². The number of hydrogen-bond acceptors (Lipinski definition) is 4. The molecule has 0 unspecified atom stereocenters. The maximum absolute atomic E-state index is 12.0. The lowest BCUT2D eigenvalue weighted by Gasteiger charge is -2.12. The van der Waals surface area contributed by atoms with Crippen molar-refractivity contribution >= 4 is 17.5 Å². The minimum Gasteiger partial charge on any atom is -0.497 e. The van der Waals surface area contributed by atoms with Crippen molar-refractivity contribution in [1.82, 2.24) is 5.32 Å². The standard InChI is InChI=1S/C16H18ClNO4/c1-3-21-15-8-12(20-2)5-4-11(15)10-18-16(19)14-7-6-13(9-17)22-14/h4-8H,3,9-10H2,1-2H3,(H,18,19). The maximum atomic E-state index is 12.0. The van der Waals surface area contributed by atoms with Crippen LogP contribution in [0.15, 0.2) is 34.7 Å². The topological polar surface area (TPSA) is 60.7 Å². The molecule has 1 aromatic carbocycles. The summed E-state index contributed by atoms with van der Waals surface area (Å²) in [7, 11) is 1.60. The number of amides is 1. The Morgan fingerprint density at radius 3 is 2.77 bits per heavy atom. The van der Waals surface area contributed by atoms with Crippen LogP contribution in [0.2, 0.25) is 0 Å². The van der Waals surface area contributed by atoms with E-state index in [-0.39, 0.29) is 17.5 Å². The Kier molecular flexibility index (Phi) is 5.72. The van der Waals surface area contributed by atoms with E-state index in [1.165, 1.54) is 0 Å². The van der Waals surface area contributed by atoms with E-state index < -0.39 is 0 Å². The molecule has 0 saturated carbocycles. The molecule has 1 amide bonds. The summed E-state index contributed by atoms with van der Waals surface area (Å²) in [6, 6.07) is 8.76. The third-order valence-corrected chi connectivity index (χ3v) is 3.29. The highest BCUT2D eigenvalue weighted by molar-refractivity contribution is 6.16. The van der Waals surface area contributed by atoms with Crippen LogP contribution >= 0.6 is 11.6 Å². The minimum atomic E-state index is -0.297. The molecule has 0 bridgehead atoms. The fourth-order valence-electron chi connectivity index (χ4n) is 1.93. The van der Waals surface area contributed by atoms with Crippen LogP contribution in [0.5, 0.6) is 11.5 Å². The summed E-state index contributed by atoms with van der Waals surface area (Å²) >= 11 is 5.65. The van der Waals surface area contributed by atoms with Gasteiger partial charge in [0, 0.05) is 18.2 Å². The predicted molar refractivity (Wildman–Crippen MR) is 83.6 cm³/mol. The van der Waals surface area contributed by atoms with Gasteiger partial charge in [-0.3, -0.25) is 4.79 Å². The molecule has 0 radical (unpaired) electrons. The Morgan fingerprint density at radius 2 is 2.14 bits per heavy atom. The third-order valence-electron chi connectivity index (χ3n) is 3.03. The Bertz CT molecular complexity index is 639. The Hall–Kier alpha value is -2.14. The van der Waals surface area contributed by atoms with E-state index in [4.69, 9.17) is 25.5 Å². The van der Waals surface area contributed by atoms with Gasteiger partial charge in [-0.2, -0.15) is 0 Å². The largest absolute Gasteiger partial charge is 0.497 e. The van der Waals surface area contributed by atoms with Crippen LogP contribution in [0, 0.1) is 0 Å². The highest BCUT2D eigenvalue weighted by atomic mass is 35.5. The van der Waals surface area contributed by atoms with Crippen LogP contribution < -0.4 is 14.8 Å². The molecule has 5 nitrogen and oxygen atoms in total. The molecule has 1 aromatic heterocycles. The van der Waals surface area contributed by atoms with Gasteiger partial charge in [-0.1, -0.05) is 0 Å². The number of furan rings is 1. The number of carbonyl (C=O) groups excluding carboxylic acids is 1. The number of rotatable bonds is 7. The fraction of sp³-hybridized carbons (Fsp3) is 0.312. The summed E-state index contributed by atoms with van der Waals surface area (Å²) in [6.45, 7) is 2.76. The first-order chi connectivity index (χ1) is 10.7. The zero-order valence-electron chi connectivity index (χ0n) is 12.5. The molecule has 2 rings (SSSR count). The quantitative estimate of drug-likeness (QED) is 0.794. The van der Waals surface area contributed by atoms with Crippen LogP contribution in [0.1, 0.15) is 28.8 Å². The molecular weight excluding hydrogens is 306 g/mol. The minimum absolute atomic E-state index is 0.236. The summed E-state index contributed by atoms with van der Waals surface area (Å²) < 4.78 is 16.0. The second kappa shape index (κ2) is 7.75. The lowest BCUT2D eigenvalue weighted by Crippen LogP contribution is -2.22. The third kappa shape index (κ3) is 3.95. The molecular formula is C16H18ClNO4.